The van der Waals surface area contributed by atoms with Crippen molar-refractivity contribution in [3.8, 4) is 11.3 Å². The highest BCUT2D eigenvalue weighted by Crippen LogP contribution is 2.37. The normalized spacial score (nSPS) is 28.5. The molecule has 2 nitrogen and oxygen atoms in total. The standard InChI is InChI=1S/C21H28N2/c1-16-5-4-14-23(16)21(2)11-9-17-7-8-19(15-18(17)10-12-21)20-6-3-13-22-20/h3,6-8,13,15-16,22H,4-5,9-12,14H2,1-2H3/t16-,21?/m1/s1. The number of hydrogen-bond acceptors (Lipinski definition) is 1. The molecule has 0 radical (unpaired) electrons. The smallest absolute Gasteiger partial charge is 0.0453 e. The Bertz CT molecular complexity index is 673. The molecule has 2 heteroatoms. The van der Waals surface area contributed by atoms with E-state index >= 15 is 0 Å². The summed E-state index contributed by atoms with van der Waals surface area (Å²) in [7, 11) is 0. The van der Waals surface area contributed by atoms with Crippen molar-refractivity contribution in [1.82, 2.24) is 9.88 Å². The summed E-state index contributed by atoms with van der Waals surface area (Å²) in [5.74, 6) is 0. The van der Waals surface area contributed by atoms with Crippen LogP contribution in [0.4, 0.5) is 0 Å². The summed E-state index contributed by atoms with van der Waals surface area (Å²) in [6.45, 7) is 6.22. The molecule has 0 spiro atoms. The second kappa shape index (κ2) is 5.83. The Hall–Kier alpha value is -1.54. The Labute approximate surface area is 139 Å². The lowest BCUT2D eigenvalue weighted by atomic mass is 9.89. The van der Waals surface area contributed by atoms with E-state index in [0.717, 1.165) is 6.04 Å². The van der Waals surface area contributed by atoms with Gasteiger partial charge in [0.15, 0.2) is 0 Å². The Morgan fingerprint density at radius 1 is 1.13 bits per heavy atom. The van der Waals surface area contributed by atoms with Gasteiger partial charge in [-0.1, -0.05) is 12.1 Å². The Morgan fingerprint density at radius 2 is 1.96 bits per heavy atom. The van der Waals surface area contributed by atoms with Crippen molar-refractivity contribution in [2.24, 2.45) is 0 Å². The average Bonchev–Trinajstić information content (AvgIpc) is 3.20. The number of rotatable bonds is 2. The van der Waals surface area contributed by atoms with E-state index in [2.05, 4.69) is 54.1 Å². The van der Waals surface area contributed by atoms with Crippen molar-refractivity contribution in [2.45, 2.75) is 64.0 Å². The van der Waals surface area contributed by atoms with Crippen LogP contribution in [0, 0.1) is 0 Å². The summed E-state index contributed by atoms with van der Waals surface area (Å²) >= 11 is 0. The molecule has 122 valence electrons. The summed E-state index contributed by atoms with van der Waals surface area (Å²) in [6, 6.07) is 12.1. The van der Waals surface area contributed by atoms with Gasteiger partial charge in [-0.2, -0.15) is 0 Å². The Kier molecular flexibility index (Phi) is 3.81. The second-order valence-corrected chi connectivity index (χ2v) is 7.75. The van der Waals surface area contributed by atoms with Crippen LogP contribution in [0.25, 0.3) is 11.3 Å². The minimum atomic E-state index is 0.377. The SMILES string of the molecule is C[C@@H]1CCCN1C1(C)CCc2ccc(-c3ccc[nH]3)cc2CC1. The van der Waals surface area contributed by atoms with E-state index in [9.17, 15) is 0 Å². The lowest BCUT2D eigenvalue weighted by molar-refractivity contribution is 0.0821. The highest BCUT2D eigenvalue weighted by atomic mass is 15.2. The third-order valence-electron chi connectivity index (χ3n) is 6.23. The molecule has 2 heterocycles. The average molecular weight is 308 g/mol. The molecular formula is C21H28N2. The molecule has 1 aromatic heterocycles. The number of benzene rings is 1. The third-order valence-corrected chi connectivity index (χ3v) is 6.23. The monoisotopic (exact) mass is 308 g/mol. The van der Waals surface area contributed by atoms with Crippen LogP contribution in [-0.4, -0.2) is 28.0 Å². The molecule has 2 atom stereocenters. The Morgan fingerprint density at radius 3 is 2.65 bits per heavy atom. The summed E-state index contributed by atoms with van der Waals surface area (Å²) in [6.07, 6.45) is 9.78. The minimum Gasteiger partial charge on any atom is -0.361 e. The number of likely N-dealkylation sites (tertiary alicyclic amines) is 1. The van der Waals surface area contributed by atoms with Gasteiger partial charge in [-0.3, -0.25) is 4.90 Å². The largest absolute Gasteiger partial charge is 0.361 e. The van der Waals surface area contributed by atoms with Crippen LogP contribution in [0.2, 0.25) is 0 Å². The number of nitrogens with zero attached hydrogens (tertiary/aromatic N) is 1. The fourth-order valence-corrected chi connectivity index (χ4v) is 4.74. The number of H-pyrrole nitrogens is 1. The molecular weight excluding hydrogens is 280 g/mol. The molecule has 1 aliphatic carbocycles. The summed E-state index contributed by atoms with van der Waals surface area (Å²) < 4.78 is 0. The van der Waals surface area contributed by atoms with Gasteiger partial charge in [0, 0.05) is 23.5 Å². The second-order valence-electron chi connectivity index (χ2n) is 7.75. The van der Waals surface area contributed by atoms with E-state index in [0.29, 0.717) is 5.54 Å². The summed E-state index contributed by atoms with van der Waals surface area (Å²) in [5.41, 5.74) is 6.06. The fraction of sp³-hybridized carbons (Fsp3) is 0.524. The fourth-order valence-electron chi connectivity index (χ4n) is 4.74. The van der Waals surface area contributed by atoms with Gasteiger partial charge in [0.05, 0.1) is 0 Å². The van der Waals surface area contributed by atoms with Gasteiger partial charge in [0.1, 0.15) is 0 Å². The number of hydrogen-bond donors (Lipinski definition) is 1. The van der Waals surface area contributed by atoms with Crippen LogP contribution in [0.15, 0.2) is 36.5 Å². The van der Waals surface area contributed by atoms with Crippen LogP contribution in [0.5, 0.6) is 0 Å². The predicted molar refractivity (Wildman–Crippen MR) is 96.7 cm³/mol. The lowest BCUT2D eigenvalue weighted by Gasteiger charge is -2.41. The molecule has 23 heavy (non-hydrogen) atoms. The van der Waals surface area contributed by atoms with Gasteiger partial charge in [0.2, 0.25) is 0 Å². The van der Waals surface area contributed by atoms with E-state index in [-0.39, 0.29) is 0 Å². The molecule has 1 fully saturated rings. The molecule has 1 unspecified atom stereocenters. The van der Waals surface area contributed by atoms with E-state index in [1.54, 1.807) is 11.1 Å². The zero-order valence-electron chi connectivity index (χ0n) is 14.4. The van der Waals surface area contributed by atoms with Crippen LogP contribution in [-0.2, 0) is 12.8 Å². The van der Waals surface area contributed by atoms with Crippen molar-refractivity contribution in [3.63, 3.8) is 0 Å². The van der Waals surface area contributed by atoms with Crippen LogP contribution in [0.3, 0.4) is 0 Å². The third kappa shape index (κ3) is 2.74. The van der Waals surface area contributed by atoms with Crippen LogP contribution < -0.4 is 0 Å². The maximum atomic E-state index is 3.33. The van der Waals surface area contributed by atoms with Crippen molar-refractivity contribution < 1.29 is 0 Å². The molecule has 0 bridgehead atoms. The van der Waals surface area contributed by atoms with Crippen molar-refractivity contribution >= 4 is 0 Å². The zero-order valence-corrected chi connectivity index (χ0v) is 14.4. The van der Waals surface area contributed by atoms with Crippen molar-refractivity contribution in [1.29, 1.82) is 0 Å². The maximum Gasteiger partial charge on any atom is 0.0453 e. The molecule has 1 N–H and O–H groups in total. The van der Waals surface area contributed by atoms with E-state index in [4.69, 9.17) is 0 Å². The van der Waals surface area contributed by atoms with Gasteiger partial charge in [-0.25, -0.2) is 0 Å². The quantitative estimate of drug-likeness (QED) is 0.789. The number of fused-ring (bicyclic) bond motifs is 1. The molecule has 2 aliphatic rings. The number of aromatic amines is 1. The lowest BCUT2D eigenvalue weighted by Crippen LogP contribution is -2.48. The first-order chi connectivity index (χ1) is 11.2. The van der Waals surface area contributed by atoms with Gasteiger partial charge in [0.25, 0.3) is 0 Å². The number of nitrogens with one attached hydrogen (secondary N) is 1. The van der Waals surface area contributed by atoms with E-state index in [1.807, 2.05) is 6.20 Å². The molecule has 0 amide bonds. The molecule has 2 aromatic rings. The van der Waals surface area contributed by atoms with E-state index in [1.165, 1.54) is 56.3 Å². The summed E-state index contributed by atoms with van der Waals surface area (Å²) in [5, 5.41) is 0. The number of aryl methyl sites for hydroxylation is 2. The first-order valence-electron chi connectivity index (χ1n) is 9.18. The van der Waals surface area contributed by atoms with Gasteiger partial charge < -0.3 is 4.98 Å². The first-order valence-corrected chi connectivity index (χ1v) is 9.18. The number of aromatic nitrogens is 1. The molecule has 1 aromatic carbocycles. The van der Waals surface area contributed by atoms with E-state index < -0.39 is 0 Å². The molecule has 0 saturated carbocycles. The minimum absolute atomic E-state index is 0.377. The molecule has 1 aliphatic heterocycles. The van der Waals surface area contributed by atoms with Crippen molar-refractivity contribution in [3.05, 3.63) is 47.7 Å². The van der Waals surface area contributed by atoms with Gasteiger partial charge in [-0.15, -0.1) is 0 Å². The van der Waals surface area contributed by atoms with Gasteiger partial charge >= 0.3 is 0 Å². The predicted octanol–water partition coefficient (Wildman–Crippen LogP) is 4.80. The van der Waals surface area contributed by atoms with Crippen LogP contribution in [0.1, 0.15) is 50.7 Å². The van der Waals surface area contributed by atoms with Gasteiger partial charge in [-0.05, 0) is 93.8 Å². The van der Waals surface area contributed by atoms with Crippen LogP contribution >= 0.6 is 0 Å². The summed E-state index contributed by atoms with van der Waals surface area (Å²) in [4.78, 5) is 6.13. The topological polar surface area (TPSA) is 19.0 Å². The maximum absolute atomic E-state index is 3.33. The van der Waals surface area contributed by atoms with Crippen molar-refractivity contribution in [2.75, 3.05) is 6.54 Å². The molecule has 4 rings (SSSR count). The Balaban J connectivity index is 1.59. The highest BCUT2D eigenvalue weighted by molar-refractivity contribution is 5.61. The molecule has 1 saturated heterocycles. The highest BCUT2D eigenvalue weighted by Gasteiger charge is 2.38. The first kappa shape index (κ1) is 15.0. The zero-order chi connectivity index (χ0) is 15.9.